The lowest BCUT2D eigenvalue weighted by atomic mass is 10.0. The summed E-state index contributed by atoms with van der Waals surface area (Å²) in [6.07, 6.45) is 7.88. The molecule has 0 atom stereocenters. The van der Waals surface area contributed by atoms with Crippen LogP contribution >= 0.6 is 0 Å². The van der Waals surface area contributed by atoms with Gasteiger partial charge in [-0.05, 0) is 66.9 Å². The lowest BCUT2D eigenvalue weighted by Crippen LogP contribution is -2.25. The third-order valence-electron chi connectivity index (χ3n) is 5.77. The number of aromatic nitrogens is 1. The first-order valence-corrected chi connectivity index (χ1v) is 11.1. The smallest absolute Gasteiger partial charge is 0.274 e. The van der Waals surface area contributed by atoms with Crippen LogP contribution in [0.25, 0.3) is 0 Å². The molecule has 0 aliphatic heterocycles. The van der Waals surface area contributed by atoms with Crippen LogP contribution < -0.4 is 16.0 Å². The third kappa shape index (κ3) is 5.94. The van der Waals surface area contributed by atoms with E-state index in [0.29, 0.717) is 16.9 Å². The third-order valence-corrected chi connectivity index (χ3v) is 5.77. The molecule has 1 fully saturated rings. The predicted molar refractivity (Wildman–Crippen MR) is 127 cm³/mol. The van der Waals surface area contributed by atoms with Gasteiger partial charge in [-0.25, -0.2) is 0 Å². The van der Waals surface area contributed by atoms with Crippen molar-refractivity contribution in [3.63, 3.8) is 0 Å². The fourth-order valence-corrected chi connectivity index (χ4v) is 4.02. The van der Waals surface area contributed by atoms with Crippen LogP contribution in [0.3, 0.4) is 0 Å². The Bertz CT molecular complexity index is 1040. The van der Waals surface area contributed by atoms with Crippen molar-refractivity contribution in [2.45, 2.75) is 32.1 Å². The molecular weight excluding hydrogens is 400 g/mol. The van der Waals surface area contributed by atoms with Gasteiger partial charge in [0.25, 0.3) is 11.8 Å². The summed E-state index contributed by atoms with van der Waals surface area (Å²) in [5, 5.41) is 9.18. The fraction of sp³-hybridized carbons (Fsp3) is 0.269. The van der Waals surface area contributed by atoms with E-state index in [1.165, 1.54) is 25.7 Å². The molecule has 2 amide bonds. The molecule has 3 N–H and O–H groups in total. The molecule has 6 nitrogen and oxygen atoms in total. The molecule has 164 valence electrons. The van der Waals surface area contributed by atoms with Crippen LogP contribution in [0.1, 0.15) is 53.0 Å². The van der Waals surface area contributed by atoms with Crippen molar-refractivity contribution in [2.24, 2.45) is 5.92 Å². The maximum atomic E-state index is 12.5. The molecule has 32 heavy (non-hydrogen) atoms. The van der Waals surface area contributed by atoms with Crippen LogP contribution in [0.5, 0.6) is 0 Å². The van der Waals surface area contributed by atoms with Gasteiger partial charge in [0.05, 0.1) is 0 Å². The lowest BCUT2D eigenvalue weighted by Gasteiger charge is -2.12. The Morgan fingerprint density at radius 3 is 2.38 bits per heavy atom. The van der Waals surface area contributed by atoms with Gasteiger partial charge in [-0.1, -0.05) is 37.8 Å². The monoisotopic (exact) mass is 428 g/mol. The van der Waals surface area contributed by atoms with E-state index in [0.717, 1.165) is 30.3 Å². The van der Waals surface area contributed by atoms with Crippen molar-refractivity contribution >= 4 is 28.9 Å². The van der Waals surface area contributed by atoms with Gasteiger partial charge in [0.15, 0.2) is 0 Å². The van der Waals surface area contributed by atoms with E-state index in [9.17, 15) is 9.59 Å². The molecule has 0 saturated heterocycles. The van der Waals surface area contributed by atoms with Gasteiger partial charge >= 0.3 is 0 Å². The highest BCUT2D eigenvalue weighted by atomic mass is 16.2. The topological polar surface area (TPSA) is 83.1 Å². The molecule has 0 spiro atoms. The molecule has 0 unspecified atom stereocenters. The van der Waals surface area contributed by atoms with Crippen LogP contribution in [0.15, 0.2) is 72.9 Å². The van der Waals surface area contributed by atoms with Crippen molar-refractivity contribution in [2.75, 3.05) is 17.2 Å². The summed E-state index contributed by atoms with van der Waals surface area (Å²) >= 11 is 0. The number of nitrogens with one attached hydrogen (secondary N) is 3. The average Bonchev–Trinajstić information content (AvgIpc) is 3.35. The zero-order chi connectivity index (χ0) is 22.2. The molecule has 1 aliphatic rings. The molecule has 0 bridgehead atoms. The average molecular weight is 429 g/mol. The zero-order valence-corrected chi connectivity index (χ0v) is 18.0. The summed E-state index contributed by atoms with van der Waals surface area (Å²) in [6.45, 7) is 0.729. The number of carbonyl (C=O) groups excluding carboxylic acids is 2. The largest absolute Gasteiger partial charge is 0.356 e. The van der Waals surface area contributed by atoms with Crippen LogP contribution in [0.2, 0.25) is 0 Å². The van der Waals surface area contributed by atoms with Gasteiger partial charge in [0, 0.05) is 35.4 Å². The van der Waals surface area contributed by atoms with Crippen molar-refractivity contribution < 1.29 is 9.59 Å². The number of anilines is 3. The molecule has 1 aliphatic carbocycles. The molecule has 1 heterocycles. The van der Waals surface area contributed by atoms with Gasteiger partial charge in [-0.15, -0.1) is 0 Å². The highest BCUT2D eigenvalue weighted by Crippen LogP contribution is 2.27. The van der Waals surface area contributed by atoms with E-state index in [1.807, 2.05) is 48.5 Å². The molecule has 3 aromatic rings. The maximum Gasteiger partial charge on any atom is 0.274 e. The number of amides is 2. The number of rotatable bonds is 8. The Morgan fingerprint density at radius 2 is 1.62 bits per heavy atom. The number of pyridine rings is 1. The Hall–Kier alpha value is -3.67. The lowest BCUT2D eigenvalue weighted by molar-refractivity contribution is 0.0950. The Labute approximate surface area is 188 Å². The first-order chi connectivity index (χ1) is 15.7. The predicted octanol–water partition coefficient (Wildman–Crippen LogP) is 5.39. The van der Waals surface area contributed by atoms with Crippen molar-refractivity contribution in [3.05, 3.63) is 84.2 Å². The molecule has 6 heteroatoms. The Kier molecular flexibility index (Phi) is 7.12. The second-order valence-corrected chi connectivity index (χ2v) is 8.15. The van der Waals surface area contributed by atoms with E-state index in [4.69, 9.17) is 0 Å². The van der Waals surface area contributed by atoms with E-state index < -0.39 is 0 Å². The fourth-order valence-electron chi connectivity index (χ4n) is 4.02. The molecular formula is C26H28N4O2. The maximum absolute atomic E-state index is 12.5. The van der Waals surface area contributed by atoms with E-state index in [2.05, 4.69) is 20.9 Å². The molecule has 1 saturated carbocycles. The van der Waals surface area contributed by atoms with Crippen LogP contribution in [-0.4, -0.2) is 23.3 Å². The van der Waals surface area contributed by atoms with Crippen LogP contribution in [0, 0.1) is 5.92 Å². The highest BCUT2D eigenvalue weighted by molar-refractivity contribution is 6.02. The van der Waals surface area contributed by atoms with E-state index in [1.54, 1.807) is 24.4 Å². The second-order valence-electron chi connectivity index (χ2n) is 8.15. The minimum atomic E-state index is -0.252. The summed E-state index contributed by atoms with van der Waals surface area (Å²) in [5.74, 6) is 0.470. The van der Waals surface area contributed by atoms with Gasteiger partial charge in [0.1, 0.15) is 5.69 Å². The quantitative estimate of drug-likeness (QED) is 0.449. The minimum Gasteiger partial charge on any atom is -0.356 e. The van der Waals surface area contributed by atoms with Crippen molar-refractivity contribution in [3.8, 4) is 0 Å². The Morgan fingerprint density at radius 1 is 0.844 bits per heavy atom. The summed E-state index contributed by atoms with van der Waals surface area (Å²) in [6, 6.07) is 20.1. The minimum absolute atomic E-state index is 0.0424. The molecule has 4 rings (SSSR count). The first-order valence-electron chi connectivity index (χ1n) is 11.1. The normalized spacial score (nSPS) is 13.5. The summed E-state index contributed by atoms with van der Waals surface area (Å²) in [4.78, 5) is 28.8. The number of nitrogens with zero attached hydrogens (tertiary/aromatic N) is 1. The zero-order valence-electron chi connectivity index (χ0n) is 18.0. The first kappa shape index (κ1) is 21.6. The Balaban J connectivity index is 1.30. The van der Waals surface area contributed by atoms with Crippen molar-refractivity contribution in [1.29, 1.82) is 0 Å². The van der Waals surface area contributed by atoms with Crippen LogP contribution in [-0.2, 0) is 0 Å². The van der Waals surface area contributed by atoms with Gasteiger partial charge in [-0.2, -0.15) is 0 Å². The number of hydrogen-bond donors (Lipinski definition) is 3. The summed E-state index contributed by atoms with van der Waals surface area (Å²) in [7, 11) is 0. The SMILES string of the molecule is O=C(NCCC1CCCC1)c1cccc(Nc2ccc(NC(=O)c3ccccn3)cc2)c1. The second kappa shape index (κ2) is 10.6. The summed E-state index contributed by atoms with van der Waals surface area (Å²) in [5.41, 5.74) is 3.38. The standard InChI is InChI=1S/C26H28N4O2/c31-25(28-17-15-19-6-1-2-7-19)20-8-5-9-23(18-20)29-21-11-13-22(14-12-21)30-26(32)24-10-3-4-16-27-24/h3-5,8-14,16,18-19,29H,1-2,6-7,15,17H2,(H,28,31)(H,30,32). The molecule has 1 aromatic heterocycles. The van der Waals surface area contributed by atoms with Gasteiger partial charge in [0.2, 0.25) is 0 Å². The number of benzene rings is 2. The summed E-state index contributed by atoms with van der Waals surface area (Å²) < 4.78 is 0. The molecule has 2 aromatic carbocycles. The van der Waals surface area contributed by atoms with Crippen molar-refractivity contribution in [1.82, 2.24) is 10.3 Å². The number of hydrogen-bond acceptors (Lipinski definition) is 4. The van der Waals surface area contributed by atoms with Crippen LogP contribution in [0.4, 0.5) is 17.1 Å². The number of carbonyl (C=O) groups is 2. The van der Waals surface area contributed by atoms with Gasteiger partial charge < -0.3 is 16.0 Å². The molecule has 0 radical (unpaired) electrons. The van der Waals surface area contributed by atoms with Gasteiger partial charge in [-0.3, -0.25) is 14.6 Å². The van der Waals surface area contributed by atoms with E-state index in [-0.39, 0.29) is 11.8 Å². The highest BCUT2D eigenvalue weighted by Gasteiger charge is 2.15. The van der Waals surface area contributed by atoms with E-state index >= 15 is 0 Å².